The molecule has 7 nitrogen and oxygen atoms in total. The minimum Gasteiger partial charge on any atom is -0.444 e. The van der Waals surface area contributed by atoms with E-state index in [0.717, 1.165) is 16.8 Å². The molecular formula is C20H25FN4O3. The summed E-state index contributed by atoms with van der Waals surface area (Å²) < 4.78 is 20.0. The maximum absolute atomic E-state index is 13.0. The molecule has 0 bridgehead atoms. The highest BCUT2D eigenvalue weighted by Gasteiger charge is 2.31. The molecule has 0 atom stereocenters. The fourth-order valence-corrected chi connectivity index (χ4v) is 3.14. The third-order valence-corrected chi connectivity index (χ3v) is 4.43. The smallest absolute Gasteiger partial charge is 0.410 e. The van der Waals surface area contributed by atoms with Gasteiger partial charge in [-0.2, -0.15) is 5.10 Å². The number of amides is 2. The van der Waals surface area contributed by atoms with Crippen molar-refractivity contribution in [3.63, 3.8) is 0 Å². The Morgan fingerprint density at radius 3 is 2.57 bits per heavy atom. The van der Waals surface area contributed by atoms with Crippen LogP contribution in [0.1, 0.15) is 48.1 Å². The van der Waals surface area contributed by atoms with Crippen molar-refractivity contribution in [1.82, 2.24) is 20.0 Å². The van der Waals surface area contributed by atoms with Gasteiger partial charge in [0.05, 0.1) is 12.2 Å². The molecule has 150 valence electrons. The van der Waals surface area contributed by atoms with Crippen LogP contribution in [0, 0.1) is 5.82 Å². The fourth-order valence-electron chi connectivity index (χ4n) is 3.14. The Labute approximate surface area is 163 Å². The average molecular weight is 388 g/mol. The van der Waals surface area contributed by atoms with E-state index in [2.05, 4.69) is 10.4 Å². The zero-order valence-electron chi connectivity index (χ0n) is 16.6. The van der Waals surface area contributed by atoms with E-state index in [1.807, 2.05) is 20.8 Å². The first-order valence-electron chi connectivity index (χ1n) is 9.19. The summed E-state index contributed by atoms with van der Waals surface area (Å²) in [5, 5.41) is 7.27. The van der Waals surface area contributed by atoms with Gasteiger partial charge in [-0.25, -0.2) is 9.18 Å². The molecule has 0 unspecified atom stereocenters. The number of carbonyl (C=O) groups is 2. The van der Waals surface area contributed by atoms with Gasteiger partial charge in [-0.1, -0.05) is 12.1 Å². The standard InChI is InChI=1S/C20H25FN4O3/c1-20(2,3)28-19(27)25-10-9-16-15(12-25)17(24(4)23-16)18(26)22-11-13-5-7-14(21)8-6-13/h5-8H,9-12H2,1-4H3,(H,22,26). The number of hydrogen-bond acceptors (Lipinski definition) is 4. The lowest BCUT2D eigenvalue weighted by molar-refractivity contribution is 0.0222. The lowest BCUT2D eigenvalue weighted by Crippen LogP contribution is -2.40. The molecule has 0 radical (unpaired) electrons. The number of fused-ring (bicyclic) bond motifs is 1. The number of nitrogens with one attached hydrogen (secondary N) is 1. The zero-order valence-corrected chi connectivity index (χ0v) is 16.6. The molecule has 0 spiro atoms. The van der Waals surface area contributed by atoms with Crippen molar-refractivity contribution in [3.05, 3.63) is 52.6 Å². The molecule has 28 heavy (non-hydrogen) atoms. The molecule has 2 heterocycles. The number of rotatable bonds is 3. The second kappa shape index (κ2) is 7.61. The van der Waals surface area contributed by atoms with Crippen LogP contribution in [-0.2, 0) is 31.3 Å². The predicted molar refractivity (Wildman–Crippen MR) is 101 cm³/mol. The zero-order chi connectivity index (χ0) is 20.5. The van der Waals surface area contributed by atoms with Crippen molar-refractivity contribution in [1.29, 1.82) is 0 Å². The van der Waals surface area contributed by atoms with Crippen LogP contribution < -0.4 is 5.32 Å². The van der Waals surface area contributed by atoms with E-state index in [1.165, 1.54) is 12.1 Å². The van der Waals surface area contributed by atoms with Crippen LogP contribution in [0.25, 0.3) is 0 Å². The maximum atomic E-state index is 13.0. The van der Waals surface area contributed by atoms with Gasteiger partial charge in [-0.3, -0.25) is 9.48 Å². The van der Waals surface area contributed by atoms with E-state index >= 15 is 0 Å². The maximum Gasteiger partial charge on any atom is 0.410 e. The molecular weight excluding hydrogens is 363 g/mol. The summed E-state index contributed by atoms with van der Waals surface area (Å²) in [7, 11) is 1.71. The second-order valence-electron chi connectivity index (χ2n) is 7.86. The van der Waals surface area contributed by atoms with Crippen molar-refractivity contribution in [2.24, 2.45) is 7.05 Å². The lowest BCUT2D eigenvalue weighted by Gasteiger charge is -2.29. The third-order valence-electron chi connectivity index (χ3n) is 4.43. The highest BCUT2D eigenvalue weighted by atomic mass is 19.1. The molecule has 0 saturated carbocycles. The number of nitrogens with zero attached hydrogens (tertiary/aromatic N) is 3. The van der Waals surface area contributed by atoms with Crippen LogP contribution in [-0.4, -0.2) is 38.8 Å². The first-order chi connectivity index (χ1) is 13.1. The van der Waals surface area contributed by atoms with E-state index in [1.54, 1.807) is 28.8 Å². The quantitative estimate of drug-likeness (QED) is 0.877. The van der Waals surface area contributed by atoms with Gasteiger partial charge < -0.3 is 15.0 Å². The van der Waals surface area contributed by atoms with E-state index in [-0.39, 0.29) is 24.8 Å². The van der Waals surface area contributed by atoms with Crippen molar-refractivity contribution in [3.8, 4) is 0 Å². The number of benzene rings is 1. The Balaban J connectivity index is 1.73. The summed E-state index contributed by atoms with van der Waals surface area (Å²) in [6.07, 6.45) is 0.160. The van der Waals surface area contributed by atoms with Gasteiger partial charge in [0, 0.05) is 32.1 Å². The number of carbonyl (C=O) groups excluding carboxylic acids is 2. The summed E-state index contributed by atoms with van der Waals surface area (Å²) in [4.78, 5) is 26.7. The molecule has 1 aliphatic rings. The molecule has 2 amide bonds. The van der Waals surface area contributed by atoms with E-state index < -0.39 is 11.7 Å². The minimum atomic E-state index is -0.582. The number of aryl methyl sites for hydroxylation is 1. The van der Waals surface area contributed by atoms with Crippen molar-refractivity contribution in [2.45, 2.75) is 45.9 Å². The van der Waals surface area contributed by atoms with Crippen molar-refractivity contribution < 1.29 is 18.7 Å². The minimum absolute atomic E-state index is 0.273. The molecule has 1 N–H and O–H groups in total. The highest BCUT2D eigenvalue weighted by molar-refractivity contribution is 5.94. The Morgan fingerprint density at radius 2 is 1.93 bits per heavy atom. The van der Waals surface area contributed by atoms with Gasteiger partial charge >= 0.3 is 6.09 Å². The summed E-state index contributed by atoms with van der Waals surface area (Å²) in [5.41, 5.74) is 2.18. The van der Waals surface area contributed by atoms with Gasteiger partial charge in [0.15, 0.2) is 0 Å². The van der Waals surface area contributed by atoms with Gasteiger partial charge in [-0.05, 0) is 38.5 Å². The van der Waals surface area contributed by atoms with Crippen LogP contribution >= 0.6 is 0 Å². The summed E-state index contributed by atoms with van der Waals surface area (Å²) in [6.45, 7) is 6.50. The number of hydrogen-bond donors (Lipinski definition) is 1. The Bertz CT molecular complexity index is 884. The number of ether oxygens (including phenoxy) is 1. The molecule has 0 aliphatic carbocycles. The van der Waals surface area contributed by atoms with E-state index in [4.69, 9.17) is 4.74 Å². The van der Waals surface area contributed by atoms with Crippen LogP contribution in [0.15, 0.2) is 24.3 Å². The normalized spacial score (nSPS) is 13.8. The first kappa shape index (κ1) is 19.9. The molecule has 2 aromatic rings. The SMILES string of the molecule is Cn1nc2c(c1C(=O)NCc1ccc(F)cc1)CN(C(=O)OC(C)(C)C)CC2. The number of aromatic nitrogens is 2. The number of halogens is 1. The molecule has 1 aliphatic heterocycles. The van der Waals surface area contributed by atoms with Crippen molar-refractivity contribution >= 4 is 12.0 Å². The first-order valence-corrected chi connectivity index (χ1v) is 9.19. The second-order valence-corrected chi connectivity index (χ2v) is 7.86. The van der Waals surface area contributed by atoms with Crippen LogP contribution in [0.5, 0.6) is 0 Å². The highest BCUT2D eigenvalue weighted by Crippen LogP contribution is 2.23. The lowest BCUT2D eigenvalue weighted by atomic mass is 10.1. The summed E-state index contributed by atoms with van der Waals surface area (Å²) >= 11 is 0. The molecule has 0 fully saturated rings. The fraction of sp³-hybridized carbons (Fsp3) is 0.450. The topological polar surface area (TPSA) is 76.5 Å². The molecule has 3 rings (SSSR count). The monoisotopic (exact) mass is 388 g/mol. The summed E-state index contributed by atoms with van der Waals surface area (Å²) in [5.74, 6) is -0.607. The van der Waals surface area contributed by atoms with Crippen molar-refractivity contribution in [2.75, 3.05) is 6.54 Å². The molecule has 1 aromatic heterocycles. The van der Waals surface area contributed by atoms with Gasteiger partial charge in [-0.15, -0.1) is 0 Å². The predicted octanol–water partition coefficient (Wildman–Crippen LogP) is 2.78. The van der Waals surface area contributed by atoms with Crippen LogP contribution in [0.2, 0.25) is 0 Å². The Morgan fingerprint density at radius 1 is 1.25 bits per heavy atom. The van der Waals surface area contributed by atoms with Crippen LogP contribution in [0.4, 0.5) is 9.18 Å². The Hall–Kier alpha value is -2.90. The van der Waals surface area contributed by atoms with Gasteiger partial charge in [0.25, 0.3) is 5.91 Å². The van der Waals surface area contributed by atoms with Crippen LogP contribution in [0.3, 0.4) is 0 Å². The van der Waals surface area contributed by atoms with Gasteiger partial charge in [0.2, 0.25) is 0 Å². The van der Waals surface area contributed by atoms with E-state index in [9.17, 15) is 14.0 Å². The van der Waals surface area contributed by atoms with E-state index in [0.29, 0.717) is 18.7 Å². The molecule has 8 heteroatoms. The average Bonchev–Trinajstić information content (AvgIpc) is 2.94. The van der Waals surface area contributed by atoms with Gasteiger partial charge in [0.1, 0.15) is 17.1 Å². The third kappa shape index (κ3) is 4.49. The molecule has 1 aromatic carbocycles. The molecule has 0 saturated heterocycles. The largest absolute Gasteiger partial charge is 0.444 e. The summed E-state index contributed by atoms with van der Waals surface area (Å²) in [6, 6.07) is 5.95. The Kier molecular flexibility index (Phi) is 5.40.